The minimum atomic E-state index is 0.110. The Kier molecular flexibility index (Phi) is 6.87. The number of aryl methyl sites for hydroxylation is 2. The molecule has 5 rings (SSSR count). The lowest BCUT2D eigenvalue weighted by Gasteiger charge is -2.33. The first kappa shape index (κ1) is 22.9. The highest BCUT2D eigenvalue weighted by Crippen LogP contribution is 2.34. The Labute approximate surface area is 205 Å². The van der Waals surface area contributed by atoms with E-state index < -0.39 is 0 Å². The predicted octanol–water partition coefficient (Wildman–Crippen LogP) is 4.04. The molecule has 1 atom stereocenters. The van der Waals surface area contributed by atoms with Gasteiger partial charge in [-0.3, -0.25) is 9.36 Å². The fourth-order valence-corrected chi connectivity index (χ4v) is 5.75. The highest BCUT2D eigenvalue weighted by Gasteiger charge is 2.28. The summed E-state index contributed by atoms with van der Waals surface area (Å²) in [5.74, 6) is 1.24. The van der Waals surface area contributed by atoms with Crippen molar-refractivity contribution in [1.82, 2.24) is 19.7 Å². The van der Waals surface area contributed by atoms with Gasteiger partial charge in [0.05, 0.1) is 30.7 Å². The van der Waals surface area contributed by atoms with Gasteiger partial charge in [-0.05, 0) is 48.9 Å². The first-order chi connectivity index (χ1) is 16.6. The van der Waals surface area contributed by atoms with Gasteiger partial charge in [-0.1, -0.05) is 54.2 Å². The Morgan fingerprint density at radius 2 is 1.88 bits per heavy atom. The molecule has 7 nitrogen and oxygen atoms in total. The summed E-state index contributed by atoms with van der Waals surface area (Å²) in [6.07, 6.45) is 3.20. The topological polar surface area (TPSA) is 63.5 Å². The summed E-state index contributed by atoms with van der Waals surface area (Å²) in [5, 5.41) is 9.79. The number of hydrogen-bond donors (Lipinski definition) is 0. The number of fused-ring (bicyclic) bond motifs is 1. The average Bonchev–Trinajstić information content (AvgIpc) is 3.31. The number of carbonyl (C=O) groups is 1. The summed E-state index contributed by atoms with van der Waals surface area (Å²) in [4.78, 5) is 17.4. The predicted molar refractivity (Wildman–Crippen MR) is 135 cm³/mol. The maximum absolute atomic E-state index is 13.3. The lowest BCUT2D eigenvalue weighted by Crippen LogP contribution is -2.38. The van der Waals surface area contributed by atoms with Crippen molar-refractivity contribution in [2.75, 3.05) is 44.0 Å². The van der Waals surface area contributed by atoms with Gasteiger partial charge in [-0.15, -0.1) is 10.2 Å². The molecule has 2 aromatic carbocycles. The molecule has 3 aromatic rings. The van der Waals surface area contributed by atoms with Crippen LogP contribution in [-0.4, -0.2) is 64.7 Å². The van der Waals surface area contributed by atoms with Crippen LogP contribution >= 0.6 is 11.8 Å². The number of thioether (sulfide) groups is 1. The third-order valence-electron chi connectivity index (χ3n) is 6.79. The molecule has 8 heteroatoms. The molecule has 1 fully saturated rings. The number of nitrogens with zero attached hydrogens (tertiary/aromatic N) is 5. The molecule has 0 N–H and O–H groups in total. The largest absolute Gasteiger partial charge is 0.378 e. The first-order valence-corrected chi connectivity index (χ1v) is 12.9. The zero-order valence-electron chi connectivity index (χ0n) is 19.8. The lowest BCUT2D eigenvalue weighted by molar-refractivity contribution is -0.129. The van der Waals surface area contributed by atoms with E-state index in [2.05, 4.69) is 63.0 Å². The number of amides is 1. The van der Waals surface area contributed by atoms with Crippen LogP contribution in [0.4, 0.5) is 5.95 Å². The number of ether oxygens (including phenoxy) is 1. The summed E-state index contributed by atoms with van der Waals surface area (Å²) >= 11 is 1.46. The van der Waals surface area contributed by atoms with Crippen LogP contribution in [-0.2, 0) is 16.0 Å². The smallest absolute Gasteiger partial charge is 0.233 e. The van der Waals surface area contributed by atoms with Crippen molar-refractivity contribution in [1.29, 1.82) is 0 Å². The Morgan fingerprint density at radius 1 is 1.12 bits per heavy atom. The van der Waals surface area contributed by atoms with Crippen LogP contribution in [0.3, 0.4) is 0 Å². The van der Waals surface area contributed by atoms with Crippen molar-refractivity contribution < 1.29 is 9.53 Å². The molecule has 2 heterocycles. The van der Waals surface area contributed by atoms with Crippen LogP contribution in [0, 0.1) is 6.92 Å². The van der Waals surface area contributed by atoms with Crippen LogP contribution in [0.2, 0.25) is 0 Å². The molecule has 0 saturated carbocycles. The van der Waals surface area contributed by atoms with E-state index in [4.69, 9.17) is 4.74 Å². The van der Waals surface area contributed by atoms with E-state index in [0.717, 1.165) is 54.7 Å². The summed E-state index contributed by atoms with van der Waals surface area (Å²) < 4.78 is 7.62. The van der Waals surface area contributed by atoms with Crippen LogP contribution in [0.15, 0.2) is 53.7 Å². The Balaban J connectivity index is 1.37. The number of aromatic nitrogens is 3. The van der Waals surface area contributed by atoms with E-state index in [0.29, 0.717) is 19.0 Å². The summed E-state index contributed by atoms with van der Waals surface area (Å²) in [6.45, 7) is 4.99. The highest BCUT2D eigenvalue weighted by atomic mass is 32.2. The van der Waals surface area contributed by atoms with Crippen molar-refractivity contribution >= 4 is 23.6 Å². The molecule has 1 saturated heterocycles. The van der Waals surface area contributed by atoms with Crippen LogP contribution in [0.1, 0.15) is 35.6 Å². The summed E-state index contributed by atoms with van der Waals surface area (Å²) in [5.41, 5.74) is 4.83. The third kappa shape index (κ3) is 4.57. The van der Waals surface area contributed by atoms with Crippen molar-refractivity contribution in [2.24, 2.45) is 0 Å². The van der Waals surface area contributed by atoms with E-state index in [1.807, 2.05) is 24.1 Å². The van der Waals surface area contributed by atoms with Crippen LogP contribution in [0.5, 0.6) is 0 Å². The zero-order valence-corrected chi connectivity index (χ0v) is 20.6. The minimum absolute atomic E-state index is 0.110. The van der Waals surface area contributed by atoms with Crippen LogP contribution < -0.4 is 4.90 Å². The molecule has 1 aliphatic heterocycles. The molecule has 1 aliphatic carbocycles. The maximum atomic E-state index is 13.3. The van der Waals surface area contributed by atoms with Gasteiger partial charge in [-0.25, -0.2) is 0 Å². The molecular weight excluding hydrogens is 446 g/mol. The molecule has 2 aliphatic rings. The van der Waals surface area contributed by atoms with Gasteiger partial charge >= 0.3 is 0 Å². The molecular formula is C26H31N5O2S. The lowest BCUT2D eigenvalue weighted by atomic mass is 9.87. The van der Waals surface area contributed by atoms with E-state index in [-0.39, 0.29) is 11.9 Å². The van der Waals surface area contributed by atoms with E-state index in [1.54, 1.807) is 0 Å². The number of hydrogen-bond acceptors (Lipinski definition) is 6. The number of rotatable bonds is 6. The van der Waals surface area contributed by atoms with Crippen LogP contribution in [0.25, 0.3) is 5.69 Å². The zero-order chi connectivity index (χ0) is 23.5. The van der Waals surface area contributed by atoms with Crippen molar-refractivity contribution in [3.8, 4) is 5.69 Å². The summed E-state index contributed by atoms with van der Waals surface area (Å²) in [6, 6.07) is 16.9. The molecule has 0 radical (unpaired) electrons. The Bertz CT molecular complexity index is 1160. The normalized spacial score (nSPS) is 17.9. The molecule has 0 spiro atoms. The second-order valence-electron chi connectivity index (χ2n) is 8.90. The number of carbonyl (C=O) groups excluding carboxylic acids is 1. The van der Waals surface area contributed by atoms with Gasteiger partial charge < -0.3 is 14.5 Å². The number of morpholine rings is 1. The maximum Gasteiger partial charge on any atom is 0.233 e. The Morgan fingerprint density at radius 3 is 2.71 bits per heavy atom. The van der Waals surface area contributed by atoms with E-state index >= 15 is 0 Å². The number of para-hydroxylation sites is 1. The van der Waals surface area contributed by atoms with Gasteiger partial charge in [0.15, 0.2) is 5.16 Å². The molecule has 1 amide bonds. The SMILES string of the molecule is Cc1ccccc1-n1c(SCC(=O)N(C)[C@H]2CCCc3ccccc32)nnc1N1CCOCC1. The van der Waals surface area contributed by atoms with Gasteiger partial charge in [0.2, 0.25) is 11.9 Å². The molecule has 1 aromatic heterocycles. The summed E-state index contributed by atoms with van der Waals surface area (Å²) in [7, 11) is 1.93. The molecule has 34 heavy (non-hydrogen) atoms. The van der Waals surface area contributed by atoms with Gasteiger partial charge in [-0.2, -0.15) is 0 Å². The van der Waals surface area contributed by atoms with Gasteiger partial charge in [0.25, 0.3) is 0 Å². The quantitative estimate of drug-likeness (QED) is 0.500. The first-order valence-electron chi connectivity index (χ1n) is 11.9. The average molecular weight is 478 g/mol. The standard InChI is InChI=1S/C26H31N5O2S/c1-19-8-3-6-12-22(19)31-25(30-14-16-33-17-15-30)27-28-26(31)34-18-24(32)29(2)23-13-7-10-20-9-4-5-11-21(20)23/h3-6,8-9,11-12,23H,7,10,13-18H2,1-2H3/t23-/m0/s1. The van der Waals surface area contributed by atoms with Crippen molar-refractivity contribution in [2.45, 2.75) is 37.4 Å². The number of anilines is 1. The Hall–Kier alpha value is -2.84. The van der Waals surface area contributed by atoms with E-state index in [9.17, 15) is 4.79 Å². The van der Waals surface area contributed by atoms with Gasteiger partial charge in [0.1, 0.15) is 0 Å². The highest BCUT2D eigenvalue weighted by molar-refractivity contribution is 7.99. The monoisotopic (exact) mass is 477 g/mol. The van der Waals surface area contributed by atoms with Crippen molar-refractivity contribution in [3.05, 3.63) is 65.2 Å². The minimum Gasteiger partial charge on any atom is -0.378 e. The fraction of sp³-hybridized carbons (Fsp3) is 0.423. The number of benzene rings is 2. The van der Waals surface area contributed by atoms with Crippen molar-refractivity contribution in [3.63, 3.8) is 0 Å². The molecule has 178 valence electrons. The second-order valence-corrected chi connectivity index (χ2v) is 9.85. The molecule has 0 unspecified atom stereocenters. The fourth-order valence-electron chi connectivity index (χ4n) is 4.88. The third-order valence-corrected chi connectivity index (χ3v) is 7.70. The molecule has 0 bridgehead atoms. The van der Waals surface area contributed by atoms with Gasteiger partial charge in [0, 0.05) is 20.1 Å². The van der Waals surface area contributed by atoms with E-state index in [1.165, 1.54) is 22.9 Å². The second kappa shape index (κ2) is 10.2.